The third-order valence-electron chi connectivity index (χ3n) is 1.94. The fraction of sp³-hybridized carbons (Fsp3) is 0.900. The molecule has 15 heavy (non-hydrogen) atoms. The van der Waals surface area contributed by atoms with E-state index < -0.39 is 6.29 Å². The van der Waals surface area contributed by atoms with Crippen LogP contribution >= 0.6 is 0 Å². The predicted octanol–water partition coefficient (Wildman–Crippen LogP) is 0.537. The molecule has 0 spiro atoms. The summed E-state index contributed by atoms with van der Waals surface area (Å²) in [6.45, 7) is 4.80. The first-order chi connectivity index (χ1) is 7.15. The molecule has 1 unspecified atom stereocenters. The van der Waals surface area contributed by atoms with Crippen LogP contribution in [0.15, 0.2) is 0 Å². The van der Waals surface area contributed by atoms with Gasteiger partial charge in [-0.3, -0.25) is 4.79 Å². The van der Waals surface area contributed by atoms with E-state index in [4.69, 9.17) is 14.2 Å². The van der Waals surface area contributed by atoms with Gasteiger partial charge in [0.2, 0.25) is 5.91 Å². The van der Waals surface area contributed by atoms with E-state index in [9.17, 15) is 4.79 Å². The van der Waals surface area contributed by atoms with Crippen LogP contribution in [0.2, 0.25) is 0 Å². The molecule has 0 aromatic heterocycles. The molecule has 0 aromatic carbocycles. The first kappa shape index (κ1) is 14.3. The number of carbonyl (C=O) groups is 1. The van der Waals surface area contributed by atoms with Crippen molar-refractivity contribution < 1.29 is 19.0 Å². The Morgan fingerprint density at radius 1 is 1.33 bits per heavy atom. The number of ether oxygens (including phenoxy) is 3. The number of amides is 1. The maximum atomic E-state index is 11.4. The second-order valence-corrected chi connectivity index (χ2v) is 3.14. The monoisotopic (exact) mass is 219 g/mol. The van der Waals surface area contributed by atoms with Crippen molar-refractivity contribution in [2.75, 3.05) is 27.4 Å². The number of nitrogens with one attached hydrogen (secondary N) is 1. The molecule has 0 aliphatic rings. The first-order valence-corrected chi connectivity index (χ1v) is 5.08. The van der Waals surface area contributed by atoms with Crippen LogP contribution in [-0.2, 0) is 19.0 Å². The van der Waals surface area contributed by atoms with E-state index in [1.165, 1.54) is 14.2 Å². The Labute approximate surface area is 91.1 Å². The van der Waals surface area contributed by atoms with Gasteiger partial charge in [-0.15, -0.1) is 0 Å². The zero-order valence-corrected chi connectivity index (χ0v) is 9.91. The van der Waals surface area contributed by atoms with Crippen molar-refractivity contribution in [2.45, 2.75) is 32.6 Å². The molecule has 0 radical (unpaired) electrons. The second-order valence-electron chi connectivity index (χ2n) is 3.14. The minimum Gasteiger partial charge on any atom is -0.381 e. The summed E-state index contributed by atoms with van der Waals surface area (Å²) in [4.78, 5) is 11.4. The highest BCUT2D eigenvalue weighted by molar-refractivity contribution is 5.76. The summed E-state index contributed by atoms with van der Waals surface area (Å²) in [6.07, 6.45) is -0.0562. The Hall–Kier alpha value is -0.650. The number of methoxy groups -OCH3 is 2. The highest BCUT2D eigenvalue weighted by Crippen LogP contribution is 1.98. The number of hydrogen-bond donors (Lipinski definition) is 1. The molecule has 0 saturated heterocycles. The van der Waals surface area contributed by atoms with Crippen molar-refractivity contribution in [1.82, 2.24) is 5.32 Å². The topological polar surface area (TPSA) is 56.8 Å². The Kier molecular flexibility index (Phi) is 8.27. The van der Waals surface area contributed by atoms with Crippen molar-refractivity contribution in [3.63, 3.8) is 0 Å². The summed E-state index contributed by atoms with van der Waals surface area (Å²) in [6, 6.07) is -0.172. The van der Waals surface area contributed by atoms with Gasteiger partial charge in [0.25, 0.3) is 0 Å². The lowest BCUT2D eigenvalue weighted by molar-refractivity contribution is -0.136. The van der Waals surface area contributed by atoms with Crippen LogP contribution in [0.3, 0.4) is 0 Å². The Morgan fingerprint density at radius 2 is 1.93 bits per heavy atom. The summed E-state index contributed by atoms with van der Waals surface area (Å²) < 4.78 is 15.1. The lowest BCUT2D eigenvalue weighted by atomic mass is 10.3. The maximum absolute atomic E-state index is 11.4. The van der Waals surface area contributed by atoms with Crippen LogP contribution in [-0.4, -0.2) is 45.7 Å². The summed E-state index contributed by atoms with van der Waals surface area (Å²) in [5, 5.41) is 2.77. The lowest BCUT2D eigenvalue weighted by Crippen LogP contribution is -2.43. The molecular formula is C10H21NO4. The molecule has 0 aromatic rings. The van der Waals surface area contributed by atoms with Gasteiger partial charge in [-0.2, -0.15) is 0 Å². The SMILES string of the molecule is CCOCCC(=O)NC(C)C(OC)OC. The minimum atomic E-state index is -0.416. The largest absolute Gasteiger partial charge is 0.381 e. The van der Waals surface area contributed by atoms with Gasteiger partial charge in [0, 0.05) is 27.2 Å². The third kappa shape index (κ3) is 6.43. The molecule has 5 nitrogen and oxygen atoms in total. The van der Waals surface area contributed by atoms with Crippen molar-refractivity contribution in [3.05, 3.63) is 0 Å². The average Bonchev–Trinajstić information content (AvgIpc) is 2.20. The van der Waals surface area contributed by atoms with Gasteiger partial charge in [0.05, 0.1) is 12.6 Å². The van der Waals surface area contributed by atoms with Gasteiger partial charge >= 0.3 is 0 Å². The Balaban J connectivity index is 3.74. The van der Waals surface area contributed by atoms with E-state index in [1.54, 1.807) is 0 Å². The molecule has 90 valence electrons. The van der Waals surface area contributed by atoms with E-state index in [0.717, 1.165) is 0 Å². The standard InChI is InChI=1S/C10H21NO4/c1-5-15-7-6-9(12)11-8(2)10(13-3)14-4/h8,10H,5-7H2,1-4H3,(H,11,12). The zero-order valence-electron chi connectivity index (χ0n) is 9.91. The normalized spacial score (nSPS) is 12.9. The Bertz CT molecular complexity index is 171. The quantitative estimate of drug-likeness (QED) is 0.478. The molecule has 0 aliphatic carbocycles. The van der Waals surface area contributed by atoms with Gasteiger partial charge in [-0.05, 0) is 13.8 Å². The Morgan fingerprint density at radius 3 is 2.40 bits per heavy atom. The summed E-state index contributed by atoms with van der Waals surface area (Å²) in [5.41, 5.74) is 0. The van der Waals surface area contributed by atoms with Crippen molar-refractivity contribution in [1.29, 1.82) is 0 Å². The zero-order chi connectivity index (χ0) is 11.7. The molecule has 0 rings (SSSR count). The summed E-state index contributed by atoms with van der Waals surface area (Å²) in [7, 11) is 3.08. The van der Waals surface area contributed by atoms with Gasteiger partial charge in [0.15, 0.2) is 6.29 Å². The van der Waals surface area contributed by atoms with E-state index in [-0.39, 0.29) is 11.9 Å². The number of rotatable bonds is 8. The fourth-order valence-corrected chi connectivity index (χ4v) is 1.21. The third-order valence-corrected chi connectivity index (χ3v) is 1.94. The first-order valence-electron chi connectivity index (χ1n) is 5.08. The number of carbonyl (C=O) groups excluding carboxylic acids is 1. The fourth-order valence-electron chi connectivity index (χ4n) is 1.21. The molecule has 1 N–H and O–H groups in total. The van der Waals surface area contributed by atoms with Crippen LogP contribution in [0.1, 0.15) is 20.3 Å². The molecule has 0 saturated carbocycles. The molecule has 1 atom stereocenters. The van der Waals surface area contributed by atoms with E-state index in [0.29, 0.717) is 19.6 Å². The molecular weight excluding hydrogens is 198 g/mol. The van der Waals surface area contributed by atoms with Gasteiger partial charge in [-0.1, -0.05) is 0 Å². The second kappa shape index (κ2) is 8.64. The average molecular weight is 219 g/mol. The predicted molar refractivity (Wildman–Crippen MR) is 56.5 cm³/mol. The van der Waals surface area contributed by atoms with Gasteiger partial charge in [-0.25, -0.2) is 0 Å². The van der Waals surface area contributed by atoms with Gasteiger partial charge in [0.1, 0.15) is 0 Å². The lowest BCUT2D eigenvalue weighted by Gasteiger charge is -2.22. The van der Waals surface area contributed by atoms with Crippen LogP contribution in [0.5, 0.6) is 0 Å². The van der Waals surface area contributed by atoms with Crippen LogP contribution in [0, 0.1) is 0 Å². The molecule has 0 aliphatic heterocycles. The van der Waals surface area contributed by atoms with Crippen LogP contribution in [0.25, 0.3) is 0 Å². The maximum Gasteiger partial charge on any atom is 0.222 e. The minimum absolute atomic E-state index is 0.0601. The molecule has 0 heterocycles. The van der Waals surface area contributed by atoms with Crippen LogP contribution in [0.4, 0.5) is 0 Å². The molecule has 0 fully saturated rings. The van der Waals surface area contributed by atoms with Gasteiger partial charge < -0.3 is 19.5 Å². The van der Waals surface area contributed by atoms with E-state index in [1.807, 2.05) is 13.8 Å². The number of hydrogen-bond acceptors (Lipinski definition) is 4. The van der Waals surface area contributed by atoms with Crippen molar-refractivity contribution in [3.8, 4) is 0 Å². The van der Waals surface area contributed by atoms with Crippen molar-refractivity contribution >= 4 is 5.91 Å². The van der Waals surface area contributed by atoms with Crippen molar-refractivity contribution in [2.24, 2.45) is 0 Å². The highest BCUT2D eigenvalue weighted by atomic mass is 16.7. The highest BCUT2D eigenvalue weighted by Gasteiger charge is 2.17. The molecule has 0 bridgehead atoms. The summed E-state index contributed by atoms with van der Waals surface area (Å²) in [5.74, 6) is -0.0601. The molecule has 1 amide bonds. The van der Waals surface area contributed by atoms with E-state index >= 15 is 0 Å². The summed E-state index contributed by atoms with van der Waals surface area (Å²) >= 11 is 0. The smallest absolute Gasteiger partial charge is 0.222 e. The van der Waals surface area contributed by atoms with Crippen LogP contribution < -0.4 is 5.32 Å². The molecule has 5 heteroatoms. The van der Waals surface area contributed by atoms with E-state index in [2.05, 4.69) is 5.32 Å².